The minimum atomic E-state index is 0.732. The van der Waals surface area contributed by atoms with Crippen LogP contribution in [0.1, 0.15) is 23.2 Å². The van der Waals surface area contributed by atoms with Crippen molar-refractivity contribution in [3.63, 3.8) is 0 Å². The summed E-state index contributed by atoms with van der Waals surface area (Å²) in [5.74, 6) is 0.849. The van der Waals surface area contributed by atoms with Crippen molar-refractivity contribution in [1.82, 2.24) is 15.6 Å². The predicted octanol–water partition coefficient (Wildman–Crippen LogP) is 3.45. The van der Waals surface area contributed by atoms with Crippen LogP contribution in [-0.4, -0.2) is 30.6 Å². The Hall–Kier alpha value is -1.59. The standard InChI is InChI=1S/C17H23ClN4S/c1-3-19-17(21-10-8-16-12-23-13(2)22-16)20-9-7-14-5-4-6-15(18)11-14/h4-6,11-12H,3,7-10H2,1-2H3,(H2,19,20,21). The first-order valence-electron chi connectivity index (χ1n) is 7.85. The number of hydrogen-bond acceptors (Lipinski definition) is 3. The zero-order valence-electron chi connectivity index (χ0n) is 13.6. The highest BCUT2D eigenvalue weighted by Crippen LogP contribution is 2.10. The van der Waals surface area contributed by atoms with Crippen LogP contribution in [0.15, 0.2) is 34.6 Å². The number of aromatic nitrogens is 1. The van der Waals surface area contributed by atoms with Gasteiger partial charge >= 0.3 is 0 Å². The molecule has 0 radical (unpaired) electrons. The highest BCUT2D eigenvalue weighted by Gasteiger charge is 2.00. The van der Waals surface area contributed by atoms with Crippen molar-refractivity contribution in [2.24, 2.45) is 4.99 Å². The van der Waals surface area contributed by atoms with Gasteiger partial charge in [0.15, 0.2) is 5.96 Å². The molecule has 0 amide bonds. The Bertz CT molecular complexity index is 639. The number of aliphatic imine (C=N–C) groups is 1. The number of halogens is 1. The number of benzene rings is 1. The summed E-state index contributed by atoms with van der Waals surface area (Å²) in [5, 5.41) is 10.6. The van der Waals surface area contributed by atoms with Crippen molar-refractivity contribution in [3.8, 4) is 0 Å². The van der Waals surface area contributed by atoms with E-state index in [1.165, 1.54) is 5.56 Å². The van der Waals surface area contributed by atoms with E-state index >= 15 is 0 Å². The van der Waals surface area contributed by atoms with Crippen molar-refractivity contribution < 1.29 is 0 Å². The third-order valence-electron chi connectivity index (χ3n) is 3.24. The highest BCUT2D eigenvalue weighted by atomic mass is 35.5. The smallest absolute Gasteiger partial charge is 0.191 e. The van der Waals surface area contributed by atoms with Crippen LogP contribution in [0.4, 0.5) is 0 Å². The first-order valence-corrected chi connectivity index (χ1v) is 9.10. The normalized spacial score (nSPS) is 11.5. The lowest BCUT2D eigenvalue weighted by Gasteiger charge is -2.11. The molecule has 1 heterocycles. The van der Waals surface area contributed by atoms with Crippen LogP contribution in [0, 0.1) is 6.92 Å². The van der Waals surface area contributed by atoms with Gasteiger partial charge in [-0.05, 0) is 38.0 Å². The van der Waals surface area contributed by atoms with Crippen LogP contribution in [0.3, 0.4) is 0 Å². The summed E-state index contributed by atoms with van der Waals surface area (Å²) in [5.41, 5.74) is 2.34. The van der Waals surface area contributed by atoms with Crippen LogP contribution in [0.5, 0.6) is 0 Å². The lowest BCUT2D eigenvalue weighted by atomic mass is 10.1. The lowest BCUT2D eigenvalue weighted by molar-refractivity contribution is 0.795. The molecule has 0 unspecified atom stereocenters. The van der Waals surface area contributed by atoms with Gasteiger partial charge in [-0.3, -0.25) is 4.99 Å². The maximum Gasteiger partial charge on any atom is 0.191 e. The summed E-state index contributed by atoms with van der Waals surface area (Å²) >= 11 is 7.69. The van der Waals surface area contributed by atoms with Crippen molar-refractivity contribution in [3.05, 3.63) is 50.9 Å². The SMILES string of the molecule is CCNC(=NCCc1csc(C)n1)NCCc1cccc(Cl)c1. The largest absolute Gasteiger partial charge is 0.357 e. The Kier molecular flexibility index (Phi) is 7.36. The van der Waals surface area contributed by atoms with Gasteiger partial charge in [0.2, 0.25) is 0 Å². The van der Waals surface area contributed by atoms with Gasteiger partial charge in [0, 0.05) is 36.5 Å². The van der Waals surface area contributed by atoms with Crippen molar-refractivity contribution in [1.29, 1.82) is 0 Å². The molecule has 23 heavy (non-hydrogen) atoms. The summed E-state index contributed by atoms with van der Waals surface area (Å²) in [6, 6.07) is 7.96. The first-order chi connectivity index (χ1) is 11.2. The maximum atomic E-state index is 6.00. The first kappa shape index (κ1) is 17.8. The van der Waals surface area contributed by atoms with E-state index in [1.807, 2.05) is 25.1 Å². The summed E-state index contributed by atoms with van der Waals surface area (Å²) in [4.78, 5) is 9.06. The Labute approximate surface area is 147 Å². The van der Waals surface area contributed by atoms with Crippen LogP contribution in [0.25, 0.3) is 0 Å². The monoisotopic (exact) mass is 350 g/mol. The average Bonchev–Trinajstić information content (AvgIpc) is 2.93. The molecule has 0 saturated heterocycles. The lowest BCUT2D eigenvalue weighted by Crippen LogP contribution is -2.38. The second-order valence-electron chi connectivity index (χ2n) is 5.18. The predicted molar refractivity (Wildman–Crippen MR) is 99.7 cm³/mol. The average molecular weight is 351 g/mol. The highest BCUT2D eigenvalue weighted by molar-refractivity contribution is 7.09. The molecule has 0 aliphatic heterocycles. The molecule has 0 atom stereocenters. The molecular formula is C17H23ClN4S. The fourth-order valence-corrected chi connectivity index (χ4v) is 3.02. The van der Waals surface area contributed by atoms with E-state index in [2.05, 4.69) is 39.0 Å². The van der Waals surface area contributed by atoms with E-state index < -0.39 is 0 Å². The second kappa shape index (κ2) is 9.53. The second-order valence-corrected chi connectivity index (χ2v) is 6.67. The summed E-state index contributed by atoms with van der Waals surface area (Å²) in [6.07, 6.45) is 1.78. The number of hydrogen-bond donors (Lipinski definition) is 2. The zero-order valence-corrected chi connectivity index (χ0v) is 15.2. The minimum Gasteiger partial charge on any atom is -0.357 e. The molecular weight excluding hydrogens is 328 g/mol. The van der Waals surface area contributed by atoms with E-state index in [0.717, 1.165) is 54.2 Å². The van der Waals surface area contributed by atoms with Gasteiger partial charge < -0.3 is 10.6 Å². The number of rotatable bonds is 7. The Morgan fingerprint density at radius 1 is 1.30 bits per heavy atom. The molecule has 2 aromatic rings. The van der Waals surface area contributed by atoms with E-state index in [9.17, 15) is 0 Å². The quantitative estimate of drug-likeness (QED) is 0.594. The van der Waals surface area contributed by atoms with E-state index in [0.29, 0.717) is 0 Å². The van der Waals surface area contributed by atoms with Crippen LogP contribution in [0.2, 0.25) is 5.02 Å². The molecule has 0 saturated carbocycles. The molecule has 0 aliphatic rings. The number of nitrogens with one attached hydrogen (secondary N) is 2. The number of thiazole rings is 1. The zero-order chi connectivity index (χ0) is 16.5. The Morgan fingerprint density at radius 3 is 2.87 bits per heavy atom. The molecule has 4 nitrogen and oxygen atoms in total. The summed E-state index contributed by atoms with van der Waals surface area (Å²) < 4.78 is 0. The maximum absolute atomic E-state index is 6.00. The van der Waals surface area contributed by atoms with Crippen molar-refractivity contribution >= 4 is 28.9 Å². The summed E-state index contributed by atoms with van der Waals surface area (Å²) in [6.45, 7) is 6.49. The van der Waals surface area contributed by atoms with E-state index in [-0.39, 0.29) is 0 Å². The van der Waals surface area contributed by atoms with Gasteiger partial charge in [-0.25, -0.2) is 4.98 Å². The van der Waals surface area contributed by atoms with Gasteiger partial charge in [-0.1, -0.05) is 23.7 Å². The van der Waals surface area contributed by atoms with E-state index in [4.69, 9.17) is 11.6 Å². The molecule has 0 spiro atoms. The van der Waals surface area contributed by atoms with Gasteiger partial charge in [-0.2, -0.15) is 0 Å². The number of aryl methyl sites for hydroxylation is 1. The third-order valence-corrected chi connectivity index (χ3v) is 4.30. The molecule has 2 rings (SSSR count). The van der Waals surface area contributed by atoms with Crippen molar-refractivity contribution in [2.75, 3.05) is 19.6 Å². The van der Waals surface area contributed by atoms with E-state index in [1.54, 1.807) is 11.3 Å². The van der Waals surface area contributed by atoms with Crippen LogP contribution >= 0.6 is 22.9 Å². The molecule has 1 aromatic carbocycles. The third kappa shape index (κ3) is 6.59. The van der Waals surface area contributed by atoms with Gasteiger partial charge in [0.05, 0.1) is 10.7 Å². The Balaban J connectivity index is 1.79. The molecule has 124 valence electrons. The topological polar surface area (TPSA) is 49.3 Å². The van der Waals surface area contributed by atoms with Crippen LogP contribution < -0.4 is 10.6 Å². The van der Waals surface area contributed by atoms with Crippen LogP contribution in [-0.2, 0) is 12.8 Å². The molecule has 6 heteroatoms. The molecule has 2 N–H and O–H groups in total. The fraction of sp³-hybridized carbons (Fsp3) is 0.412. The molecule has 0 fully saturated rings. The Morgan fingerprint density at radius 2 is 2.17 bits per heavy atom. The van der Waals surface area contributed by atoms with Gasteiger partial charge in [0.25, 0.3) is 0 Å². The van der Waals surface area contributed by atoms with Gasteiger partial charge in [0.1, 0.15) is 0 Å². The minimum absolute atomic E-state index is 0.732. The summed E-state index contributed by atoms with van der Waals surface area (Å²) in [7, 11) is 0. The fourth-order valence-electron chi connectivity index (χ4n) is 2.16. The number of guanidine groups is 1. The molecule has 0 aliphatic carbocycles. The molecule has 0 bridgehead atoms. The number of nitrogens with zero attached hydrogens (tertiary/aromatic N) is 2. The molecule has 1 aromatic heterocycles. The van der Waals surface area contributed by atoms with Crippen molar-refractivity contribution in [2.45, 2.75) is 26.7 Å². The van der Waals surface area contributed by atoms with Gasteiger partial charge in [-0.15, -0.1) is 11.3 Å².